The van der Waals surface area contributed by atoms with Crippen LogP contribution in [-0.2, 0) is 11.4 Å². The third-order valence-electron chi connectivity index (χ3n) is 5.66. The Labute approximate surface area is 205 Å². The van der Waals surface area contributed by atoms with Gasteiger partial charge < -0.3 is 9.47 Å². The van der Waals surface area contributed by atoms with Gasteiger partial charge in [-0.1, -0.05) is 49.4 Å². The number of fused-ring (bicyclic) bond motifs is 1. The summed E-state index contributed by atoms with van der Waals surface area (Å²) in [4.78, 5) is 26.8. The first-order chi connectivity index (χ1) is 15.9. The fourth-order valence-electron chi connectivity index (χ4n) is 3.73. The Morgan fingerprint density at radius 3 is 2.64 bits per heavy atom. The van der Waals surface area contributed by atoms with Crippen LogP contribution in [0.2, 0.25) is 0 Å². The average molecular weight is 526 g/mol. The van der Waals surface area contributed by atoms with Crippen LogP contribution in [0.5, 0.6) is 11.5 Å². The SMILES string of the molecule is CC[C@H](C)N1C(=O)S/C(=C\c2cc(Br)c(OCc3cccc4ccccc34)c(OC)c2)C1=O. The van der Waals surface area contributed by atoms with Gasteiger partial charge in [0.1, 0.15) is 6.61 Å². The number of methoxy groups -OCH3 is 1. The van der Waals surface area contributed by atoms with Gasteiger partial charge in [0.05, 0.1) is 16.5 Å². The molecule has 0 radical (unpaired) electrons. The Morgan fingerprint density at radius 2 is 1.88 bits per heavy atom. The summed E-state index contributed by atoms with van der Waals surface area (Å²) < 4.78 is 12.4. The van der Waals surface area contributed by atoms with Crippen molar-refractivity contribution < 1.29 is 19.1 Å². The van der Waals surface area contributed by atoms with E-state index in [1.807, 2.05) is 44.2 Å². The molecule has 0 aliphatic carbocycles. The van der Waals surface area contributed by atoms with Crippen LogP contribution in [0, 0.1) is 0 Å². The molecule has 170 valence electrons. The second-order valence-corrected chi connectivity index (χ2v) is 9.62. The molecule has 33 heavy (non-hydrogen) atoms. The monoisotopic (exact) mass is 525 g/mol. The smallest absolute Gasteiger partial charge is 0.293 e. The van der Waals surface area contributed by atoms with Gasteiger partial charge in [-0.2, -0.15) is 0 Å². The number of amides is 2. The van der Waals surface area contributed by atoms with Gasteiger partial charge in [0.15, 0.2) is 11.5 Å². The third kappa shape index (κ3) is 4.80. The van der Waals surface area contributed by atoms with E-state index in [1.54, 1.807) is 19.3 Å². The molecule has 1 saturated heterocycles. The molecule has 0 N–H and O–H groups in total. The van der Waals surface area contributed by atoms with Crippen molar-refractivity contribution >= 4 is 55.7 Å². The molecule has 0 unspecified atom stereocenters. The summed E-state index contributed by atoms with van der Waals surface area (Å²) in [5.41, 5.74) is 1.82. The summed E-state index contributed by atoms with van der Waals surface area (Å²) >= 11 is 4.55. The van der Waals surface area contributed by atoms with Crippen LogP contribution >= 0.6 is 27.7 Å². The number of nitrogens with zero attached hydrogens (tertiary/aromatic N) is 1. The normalized spacial score (nSPS) is 16.0. The molecular weight excluding hydrogens is 502 g/mol. The molecule has 2 amide bonds. The lowest BCUT2D eigenvalue weighted by molar-refractivity contribution is -0.124. The molecule has 1 atom stereocenters. The fourth-order valence-corrected chi connectivity index (χ4v) is 5.23. The van der Waals surface area contributed by atoms with Crippen LogP contribution in [0.4, 0.5) is 4.79 Å². The van der Waals surface area contributed by atoms with E-state index in [4.69, 9.17) is 9.47 Å². The van der Waals surface area contributed by atoms with Crippen LogP contribution in [0.15, 0.2) is 64.0 Å². The maximum Gasteiger partial charge on any atom is 0.293 e. The van der Waals surface area contributed by atoms with Crippen molar-refractivity contribution in [3.05, 3.63) is 75.1 Å². The highest BCUT2D eigenvalue weighted by Crippen LogP contribution is 2.40. The number of carbonyl (C=O) groups is 2. The predicted molar refractivity (Wildman–Crippen MR) is 137 cm³/mol. The second-order valence-electron chi connectivity index (χ2n) is 7.77. The second kappa shape index (κ2) is 10.0. The van der Waals surface area contributed by atoms with Gasteiger partial charge in [0.25, 0.3) is 11.1 Å². The summed E-state index contributed by atoms with van der Waals surface area (Å²) in [5.74, 6) is 0.859. The van der Waals surface area contributed by atoms with E-state index in [-0.39, 0.29) is 17.2 Å². The quantitative estimate of drug-likeness (QED) is 0.310. The molecule has 1 fully saturated rings. The number of thioether (sulfide) groups is 1. The van der Waals surface area contributed by atoms with Gasteiger partial charge in [-0.25, -0.2) is 0 Å². The van der Waals surface area contributed by atoms with Crippen molar-refractivity contribution in [3.63, 3.8) is 0 Å². The van der Waals surface area contributed by atoms with E-state index in [2.05, 4.69) is 34.1 Å². The highest BCUT2D eigenvalue weighted by Gasteiger charge is 2.37. The van der Waals surface area contributed by atoms with Crippen LogP contribution < -0.4 is 9.47 Å². The Hall–Kier alpha value is -2.77. The molecule has 5 nitrogen and oxygen atoms in total. The summed E-state index contributed by atoms with van der Waals surface area (Å²) in [6, 6.07) is 17.9. The maximum atomic E-state index is 12.7. The van der Waals surface area contributed by atoms with Gasteiger partial charge in [-0.3, -0.25) is 14.5 Å². The van der Waals surface area contributed by atoms with E-state index in [0.29, 0.717) is 33.9 Å². The van der Waals surface area contributed by atoms with E-state index >= 15 is 0 Å². The van der Waals surface area contributed by atoms with Crippen LogP contribution in [0.3, 0.4) is 0 Å². The highest BCUT2D eigenvalue weighted by molar-refractivity contribution is 9.10. The van der Waals surface area contributed by atoms with Gasteiger partial charge >= 0.3 is 0 Å². The van der Waals surface area contributed by atoms with E-state index < -0.39 is 0 Å². The Balaban J connectivity index is 1.59. The minimum Gasteiger partial charge on any atom is -0.493 e. The van der Waals surface area contributed by atoms with Gasteiger partial charge in [-0.05, 0) is 81.1 Å². The summed E-state index contributed by atoms with van der Waals surface area (Å²) in [6.45, 7) is 4.21. The first-order valence-electron chi connectivity index (χ1n) is 10.7. The molecule has 1 aliphatic rings. The van der Waals surface area contributed by atoms with E-state index in [9.17, 15) is 9.59 Å². The maximum absolute atomic E-state index is 12.7. The van der Waals surface area contributed by atoms with Gasteiger partial charge in [0, 0.05) is 6.04 Å². The van der Waals surface area contributed by atoms with E-state index in [0.717, 1.165) is 33.7 Å². The Bertz CT molecular complexity index is 1250. The molecule has 0 saturated carbocycles. The largest absolute Gasteiger partial charge is 0.493 e. The number of imide groups is 1. The molecule has 3 aromatic carbocycles. The van der Waals surface area contributed by atoms with Crippen molar-refractivity contribution in [1.29, 1.82) is 0 Å². The summed E-state index contributed by atoms with van der Waals surface area (Å²) in [6.07, 6.45) is 2.43. The third-order valence-corrected chi connectivity index (χ3v) is 7.13. The zero-order chi connectivity index (χ0) is 23.5. The number of ether oxygens (including phenoxy) is 2. The van der Waals surface area contributed by atoms with Crippen LogP contribution in [0.1, 0.15) is 31.4 Å². The number of benzene rings is 3. The predicted octanol–water partition coefficient (Wildman–Crippen LogP) is 7.02. The number of carbonyl (C=O) groups excluding carboxylic acids is 2. The fraction of sp³-hybridized carbons (Fsp3) is 0.231. The standard InChI is InChI=1S/C26H24BrNO4S/c1-4-16(2)28-25(29)23(33-26(28)30)14-17-12-21(27)24(22(13-17)31-3)32-15-19-10-7-9-18-8-5-6-11-20(18)19/h5-14,16H,4,15H2,1-3H3/b23-14-/t16-/m0/s1. The molecule has 1 heterocycles. The van der Waals surface area contributed by atoms with Crippen LogP contribution in [0.25, 0.3) is 16.8 Å². The van der Waals surface area contributed by atoms with Crippen molar-refractivity contribution in [2.45, 2.75) is 32.9 Å². The number of hydrogen-bond donors (Lipinski definition) is 0. The molecule has 1 aliphatic heterocycles. The first-order valence-corrected chi connectivity index (χ1v) is 12.3. The van der Waals surface area contributed by atoms with E-state index in [1.165, 1.54) is 4.90 Å². The summed E-state index contributed by atoms with van der Waals surface area (Å²) in [5, 5.41) is 2.07. The van der Waals surface area contributed by atoms with Crippen molar-refractivity contribution in [2.24, 2.45) is 0 Å². The van der Waals surface area contributed by atoms with Crippen molar-refractivity contribution in [3.8, 4) is 11.5 Å². The Morgan fingerprint density at radius 1 is 1.12 bits per heavy atom. The number of halogens is 1. The average Bonchev–Trinajstić information content (AvgIpc) is 3.10. The van der Waals surface area contributed by atoms with Crippen molar-refractivity contribution in [1.82, 2.24) is 4.90 Å². The molecular formula is C26H24BrNO4S. The first kappa shape index (κ1) is 23.4. The lowest BCUT2D eigenvalue weighted by Crippen LogP contribution is -2.36. The van der Waals surface area contributed by atoms with Crippen LogP contribution in [-0.4, -0.2) is 29.2 Å². The molecule has 0 spiro atoms. The van der Waals surface area contributed by atoms with Crippen molar-refractivity contribution in [2.75, 3.05) is 7.11 Å². The topological polar surface area (TPSA) is 55.8 Å². The number of hydrogen-bond acceptors (Lipinski definition) is 5. The van der Waals surface area contributed by atoms with Gasteiger partial charge in [-0.15, -0.1) is 0 Å². The zero-order valence-corrected chi connectivity index (χ0v) is 21.0. The van der Waals surface area contributed by atoms with Gasteiger partial charge in [0.2, 0.25) is 0 Å². The Kier molecular flexibility index (Phi) is 7.10. The number of rotatable bonds is 7. The molecule has 4 rings (SSSR count). The minimum absolute atomic E-state index is 0.130. The molecule has 0 aromatic heterocycles. The molecule has 3 aromatic rings. The lowest BCUT2D eigenvalue weighted by atomic mass is 10.1. The molecule has 0 bridgehead atoms. The minimum atomic E-state index is -0.259. The summed E-state index contributed by atoms with van der Waals surface area (Å²) in [7, 11) is 1.58. The zero-order valence-electron chi connectivity index (χ0n) is 18.6. The lowest BCUT2D eigenvalue weighted by Gasteiger charge is -2.19. The molecule has 7 heteroatoms. The highest BCUT2D eigenvalue weighted by atomic mass is 79.9.